The number of nitrogens with zero attached hydrogens (tertiary/aromatic N) is 1. The van der Waals surface area contributed by atoms with Crippen LogP contribution in [0.4, 0.5) is 5.69 Å². The summed E-state index contributed by atoms with van der Waals surface area (Å²) in [5.74, 6) is 1.60. The van der Waals surface area contributed by atoms with Gasteiger partial charge in [-0.2, -0.15) is 0 Å². The number of aliphatic imine (C=N–C) groups is 1. The number of hydrogen-bond donors (Lipinski definition) is 2. The van der Waals surface area contributed by atoms with Gasteiger partial charge >= 0.3 is 0 Å². The van der Waals surface area contributed by atoms with E-state index in [4.69, 9.17) is 4.74 Å². The highest BCUT2D eigenvalue weighted by Gasteiger charge is 2.07. The Morgan fingerprint density at radius 2 is 1.60 bits per heavy atom. The number of nitrogens with one attached hydrogen (secondary N) is 1. The molecule has 0 radical (unpaired) electrons. The number of aromatic hydroxyl groups is 1. The smallest absolute Gasteiger partial charge is 0.198 e. The highest BCUT2D eigenvalue weighted by Crippen LogP contribution is 2.28. The number of hydrogen-bond acceptors (Lipinski definition) is 3. The molecule has 4 rings (SSSR count). The van der Waals surface area contributed by atoms with Gasteiger partial charge in [-0.1, -0.05) is 42.5 Å². The van der Waals surface area contributed by atoms with Crippen LogP contribution in [0.5, 0.6) is 17.4 Å². The predicted molar refractivity (Wildman–Crippen MR) is 100 cm³/mol. The van der Waals surface area contributed by atoms with Gasteiger partial charge in [0.2, 0.25) is 0 Å². The maximum absolute atomic E-state index is 10.1. The lowest BCUT2D eigenvalue weighted by atomic mass is 10.2. The number of ether oxygens (including phenoxy) is 1. The third-order valence-corrected chi connectivity index (χ3v) is 3.86. The molecule has 0 amide bonds. The zero-order valence-electron chi connectivity index (χ0n) is 13.4. The summed E-state index contributed by atoms with van der Waals surface area (Å²) in [4.78, 5) is 7.42. The molecule has 0 aliphatic rings. The fourth-order valence-corrected chi connectivity index (χ4v) is 2.67. The lowest BCUT2D eigenvalue weighted by Crippen LogP contribution is -1.83. The van der Waals surface area contributed by atoms with Crippen LogP contribution >= 0.6 is 0 Å². The minimum atomic E-state index is 0.113. The van der Waals surface area contributed by atoms with Gasteiger partial charge in [0, 0.05) is 23.2 Å². The molecule has 0 saturated heterocycles. The first kappa shape index (κ1) is 15.0. The molecule has 4 heteroatoms. The van der Waals surface area contributed by atoms with E-state index < -0.39 is 0 Å². The predicted octanol–water partition coefficient (Wildman–Crippen LogP) is 5.42. The first-order valence-corrected chi connectivity index (χ1v) is 7.96. The van der Waals surface area contributed by atoms with Crippen LogP contribution in [0.2, 0.25) is 0 Å². The topological polar surface area (TPSA) is 57.6 Å². The number of benzene rings is 3. The second kappa shape index (κ2) is 6.53. The van der Waals surface area contributed by atoms with Crippen molar-refractivity contribution in [1.82, 2.24) is 4.98 Å². The molecule has 2 N–H and O–H groups in total. The molecule has 4 nitrogen and oxygen atoms in total. The maximum Gasteiger partial charge on any atom is 0.198 e. The molecule has 122 valence electrons. The van der Waals surface area contributed by atoms with E-state index in [0.29, 0.717) is 11.3 Å². The Morgan fingerprint density at radius 3 is 2.48 bits per heavy atom. The van der Waals surface area contributed by atoms with Crippen molar-refractivity contribution >= 4 is 22.8 Å². The van der Waals surface area contributed by atoms with Crippen molar-refractivity contribution in [2.24, 2.45) is 4.99 Å². The summed E-state index contributed by atoms with van der Waals surface area (Å²) in [5, 5.41) is 11.0. The molecule has 1 aromatic heterocycles. The van der Waals surface area contributed by atoms with E-state index in [1.54, 1.807) is 6.21 Å². The summed E-state index contributed by atoms with van der Waals surface area (Å²) in [6.45, 7) is 0. The normalized spacial score (nSPS) is 11.2. The molecular weight excluding hydrogens is 312 g/mol. The minimum Gasteiger partial charge on any atom is -0.494 e. The van der Waals surface area contributed by atoms with Crippen molar-refractivity contribution < 1.29 is 9.84 Å². The van der Waals surface area contributed by atoms with Gasteiger partial charge in [0.1, 0.15) is 11.5 Å². The van der Waals surface area contributed by atoms with Crippen LogP contribution in [0, 0.1) is 0 Å². The summed E-state index contributed by atoms with van der Waals surface area (Å²) >= 11 is 0. The van der Waals surface area contributed by atoms with E-state index in [0.717, 1.165) is 22.3 Å². The van der Waals surface area contributed by atoms with Crippen molar-refractivity contribution in [2.75, 3.05) is 0 Å². The lowest BCUT2D eigenvalue weighted by Gasteiger charge is -2.05. The molecule has 1 heterocycles. The largest absolute Gasteiger partial charge is 0.494 e. The molecule has 0 aliphatic heterocycles. The maximum atomic E-state index is 10.1. The van der Waals surface area contributed by atoms with Crippen LogP contribution < -0.4 is 4.74 Å². The molecule has 0 unspecified atom stereocenters. The van der Waals surface area contributed by atoms with Gasteiger partial charge in [-0.05, 0) is 30.3 Å². The van der Waals surface area contributed by atoms with E-state index in [1.807, 2.05) is 78.9 Å². The van der Waals surface area contributed by atoms with Crippen LogP contribution in [0.15, 0.2) is 83.9 Å². The number of fused-ring (bicyclic) bond motifs is 1. The molecule has 25 heavy (non-hydrogen) atoms. The first-order valence-electron chi connectivity index (χ1n) is 7.96. The van der Waals surface area contributed by atoms with Crippen LogP contribution in [0.25, 0.3) is 10.9 Å². The van der Waals surface area contributed by atoms with Gasteiger partial charge in [0.15, 0.2) is 5.88 Å². The number of aromatic nitrogens is 1. The Bertz CT molecular complexity index is 1040. The molecule has 0 saturated carbocycles. The molecule has 0 fully saturated rings. The number of rotatable bonds is 4. The molecule has 0 spiro atoms. The van der Waals surface area contributed by atoms with Crippen molar-refractivity contribution in [3.05, 3.63) is 84.4 Å². The lowest BCUT2D eigenvalue weighted by molar-refractivity contribution is 0.457. The van der Waals surface area contributed by atoms with Gasteiger partial charge < -0.3 is 14.8 Å². The average molecular weight is 328 g/mol. The van der Waals surface area contributed by atoms with Gasteiger partial charge in [-0.25, -0.2) is 0 Å². The monoisotopic (exact) mass is 328 g/mol. The zero-order chi connectivity index (χ0) is 17.1. The van der Waals surface area contributed by atoms with E-state index in [1.165, 1.54) is 0 Å². The summed E-state index contributed by atoms with van der Waals surface area (Å²) in [5.41, 5.74) is 2.30. The standard InChI is InChI=1S/C21H16N2O2/c24-21-19(18-11-4-5-12-20(18)23-21)14-22-15-7-6-10-17(13-15)25-16-8-2-1-3-9-16/h1-14,23-24H. The fraction of sp³-hybridized carbons (Fsp3) is 0. The molecule has 3 aromatic carbocycles. The van der Waals surface area contributed by atoms with Crippen LogP contribution in [0.3, 0.4) is 0 Å². The second-order valence-electron chi connectivity index (χ2n) is 5.60. The van der Waals surface area contributed by atoms with Crippen molar-refractivity contribution in [3.63, 3.8) is 0 Å². The van der Waals surface area contributed by atoms with Crippen LogP contribution in [-0.4, -0.2) is 16.3 Å². The molecule has 0 aliphatic carbocycles. The molecular formula is C21H16N2O2. The van der Waals surface area contributed by atoms with Crippen LogP contribution in [0.1, 0.15) is 5.56 Å². The average Bonchev–Trinajstić information content (AvgIpc) is 2.96. The second-order valence-corrected chi connectivity index (χ2v) is 5.60. The number of aromatic amines is 1. The summed E-state index contributed by atoms with van der Waals surface area (Å²) in [6.07, 6.45) is 1.66. The highest BCUT2D eigenvalue weighted by atomic mass is 16.5. The van der Waals surface area contributed by atoms with E-state index in [9.17, 15) is 5.11 Å². The number of H-pyrrole nitrogens is 1. The Hall–Kier alpha value is -3.53. The van der Waals surface area contributed by atoms with Gasteiger partial charge in [0.05, 0.1) is 11.3 Å². The molecule has 0 bridgehead atoms. The van der Waals surface area contributed by atoms with Gasteiger partial charge in [-0.15, -0.1) is 0 Å². The third-order valence-electron chi connectivity index (χ3n) is 3.86. The summed E-state index contributed by atoms with van der Waals surface area (Å²) < 4.78 is 5.82. The summed E-state index contributed by atoms with van der Waals surface area (Å²) in [7, 11) is 0. The Morgan fingerprint density at radius 1 is 0.840 bits per heavy atom. The fourth-order valence-electron chi connectivity index (χ4n) is 2.67. The Labute approximate surface area is 145 Å². The van der Waals surface area contributed by atoms with Crippen LogP contribution in [-0.2, 0) is 0 Å². The first-order chi connectivity index (χ1) is 12.3. The third kappa shape index (κ3) is 3.23. The van der Waals surface area contributed by atoms with Crippen molar-refractivity contribution in [2.45, 2.75) is 0 Å². The van der Waals surface area contributed by atoms with E-state index in [2.05, 4.69) is 9.98 Å². The molecule has 0 atom stereocenters. The molecule has 4 aromatic rings. The minimum absolute atomic E-state index is 0.113. The van der Waals surface area contributed by atoms with Gasteiger partial charge in [0.25, 0.3) is 0 Å². The Balaban J connectivity index is 1.61. The van der Waals surface area contributed by atoms with E-state index >= 15 is 0 Å². The van der Waals surface area contributed by atoms with E-state index in [-0.39, 0.29) is 5.88 Å². The van der Waals surface area contributed by atoms with Gasteiger partial charge in [-0.3, -0.25) is 4.99 Å². The Kier molecular flexibility index (Phi) is 3.92. The highest BCUT2D eigenvalue weighted by molar-refractivity contribution is 6.02. The quantitative estimate of drug-likeness (QED) is 0.492. The SMILES string of the molecule is Oc1[nH]c2ccccc2c1C=Nc1cccc(Oc2ccccc2)c1. The summed E-state index contributed by atoms with van der Waals surface area (Å²) in [6, 6.07) is 24.8. The van der Waals surface area contributed by atoms with Crippen molar-refractivity contribution in [1.29, 1.82) is 0 Å². The van der Waals surface area contributed by atoms with Crippen molar-refractivity contribution in [3.8, 4) is 17.4 Å². The number of para-hydroxylation sites is 2. The zero-order valence-corrected chi connectivity index (χ0v) is 13.4.